The highest BCUT2D eigenvalue weighted by Gasteiger charge is 2.18. The standard InChI is InChI=1S/C9H17N5O4S/c1-14(6-4-9(15)18-2)19(16,17)12-5-3-8-10-7-11-13-8/h7,12H,3-6H2,1-2H3,(H,10,11,13). The molecule has 0 amide bonds. The summed E-state index contributed by atoms with van der Waals surface area (Å²) in [5.41, 5.74) is 0. The van der Waals surface area contributed by atoms with E-state index >= 15 is 0 Å². The molecule has 0 unspecified atom stereocenters. The molecule has 1 heterocycles. The Kier molecular flexibility index (Phi) is 5.86. The van der Waals surface area contributed by atoms with Gasteiger partial charge in [-0.1, -0.05) is 0 Å². The molecular formula is C9H17N5O4S. The predicted octanol–water partition coefficient (Wildman–Crippen LogP) is -1.32. The number of carbonyl (C=O) groups excluding carboxylic acids is 1. The van der Waals surface area contributed by atoms with Gasteiger partial charge in [-0.25, -0.2) is 9.71 Å². The lowest BCUT2D eigenvalue weighted by molar-refractivity contribution is -0.140. The normalized spacial score (nSPS) is 11.7. The molecule has 0 radical (unpaired) electrons. The van der Waals surface area contributed by atoms with E-state index in [2.05, 4.69) is 24.6 Å². The van der Waals surface area contributed by atoms with E-state index in [1.807, 2.05) is 0 Å². The second-order valence-electron chi connectivity index (χ2n) is 3.73. The van der Waals surface area contributed by atoms with Gasteiger partial charge < -0.3 is 4.74 Å². The van der Waals surface area contributed by atoms with Gasteiger partial charge in [0.2, 0.25) is 0 Å². The molecule has 0 fully saturated rings. The van der Waals surface area contributed by atoms with Gasteiger partial charge in [-0.15, -0.1) is 0 Å². The predicted molar refractivity (Wildman–Crippen MR) is 66.3 cm³/mol. The number of rotatable bonds is 8. The van der Waals surface area contributed by atoms with Crippen LogP contribution < -0.4 is 4.72 Å². The van der Waals surface area contributed by atoms with E-state index in [9.17, 15) is 13.2 Å². The van der Waals surface area contributed by atoms with Gasteiger partial charge in [-0.05, 0) is 0 Å². The number of esters is 1. The average molecular weight is 291 g/mol. The largest absolute Gasteiger partial charge is 0.469 e. The third-order valence-corrected chi connectivity index (χ3v) is 3.95. The van der Waals surface area contributed by atoms with E-state index in [1.54, 1.807) is 0 Å². The zero-order valence-electron chi connectivity index (χ0n) is 10.8. The lowest BCUT2D eigenvalue weighted by atomic mass is 10.4. The molecule has 2 N–H and O–H groups in total. The molecule has 0 aliphatic carbocycles. The van der Waals surface area contributed by atoms with Gasteiger partial charge in [0.15, 0.2) is 0 Å². The fraction of sp³-hybridized carbons (Fsp3) is 0.667. The molecular weight excluding hydrogens is 274 g/mol. The molecule has 0 aliphatic rings. The van der Waals surface area contributed by atoms with Gasteiger partial charge >= 0.3 is 5.97 Å². The molecule has 1 rings (SSSR count). The van der Waals surface area contributed by atoms with Crippen LogP contribution in [-0.2, 0) is 26.2 Å². The van der Waals surface area contributed by atoms with Gasteiger partial charge in [-0.2, -0.15) is 17.8 Å². The number of nitrogens with zero attached hydrogens (tertiary/aromatic N) is 3. The highest BCUT2D eigenvalue weighted by Crippen LogP contribution is 1.97. The minimum Gasteiger partial charge on any atom is -0.469 e. The minimum atomic E-state index is -3.60. The monoisotopic (exact) mass is 291 g/mol. The van der Waals surface area contributed by atoms with Gasteiger partial charge in [-0.3, -0.25) is 9.89 Å². The first-order chi connectivity index (χ1) is 8.95. The van der Waals surface area contributed by atoms with E-state index in [1.165, 1.54) is 20.5 Å². The summed E-state index contributed by atoms with van der Waals surface area (Å²) >= 11 is 0. The van der Waals surface area contributed by atoms with E-state index in [-0.39, 0.29) is 19.5 Å². The van der Waals surface area contributed by atoms with Crippen LogP contribution in [0.25, 0.3) is 0 Å². The third kappa shape index (κ3) is 5.32. The van der Waals surface area contributed by atoms with Gasteiger partial charge in [0.1, 0.15) is 12.2 Å². The van der Waals surface area contributed by atoms with Crippen molar-refractivity contribution in [3.8, 4) is 0 Å². The van der Waals surface area contributed by atoms with Crippen LogP contribution in [0.2, 0.25) is 0 Å². The Morgan fingerprint density at radius 3 is 2.89 bits per heavy atom. The number of carbonyl (C=O) groups is 1. The summed E-state index contributed by atoms with van der Waals surface area (Å²) in [6.45, 7) is 0.254. The number of H-pyrrole nitrogens is 1. The summed E-state index contributed by atoms with van der Waals surface area (Å²) in [5.74, 6) is 0.142. The third-order valence-electron chi connectivity index (χ3n) is 2.38. The summed E-state index contributed by atoms with van der Waals surface area (Å²) in [6.07, 6.45) is 1.77. The fourth-order valence-electron chi connectivity index (χ4n) is 1.23. The van der Waals surface area contributed by atoms with E-state index in [0.717, 1.165) is 4.31 Å². The molecule has 1 aromatic heterocycles. The maximum atomic E-state index is 11.8. The molecule has 19 heavy (non-hydrogen) atoms. The summed E-state index contributed by atoms with van der Waals surface area (Å²) in [6, 6.07) is 0. The molecule has 9 nitrogen and oxygen atoms in total. The summed E-state index contributed by atoms with van der Waals surface area (Å²) < 4.78 is 31.5. The van der Waals surface area contributed by atoms with Crippen molar-refractivity contribution >= 4 is 16.2 Å². The number of aromatic nitrogens is 3. The number of nitrogens with one attached hydrogen (secondary N) is 2. The van der Waals surface area contributed by atoms with E-state index < -0.39 is 16.2 Å². The first-order valence-electron chi connectivity index (χ1n) is 5.57. The highest BCUT2D eigenvalue weighted by atomic mass is 32.2. The van der Waals surface area contributed by atoms with Crippen molar-refractivity contribution in [3.05, 3.63) is 12.2 Å². The Balaban J connectivity index is 2.35. The first kappa shape index (κ1) is 15.5. The first-order valence-corrected chi connectivity index (χ1v) is 7.01. The number of hydrogen-bond donors (Lipinski definition) is 2. The molecule has 0 saturated carbocycles. The number of aromatic amines is 1. The SMILES string of the molecule is COC(=O)CCN(C)S(=O)(=O)NCCc1ncn[nH]1. The molecule has 0 spiro atoms. The van der Waals surface area contributed by atoms with Crippen molar-refractivity contribution in [2.24, 2.45) is 0 Å². The minimum absolute atomic E-state index is 0.00993. The quantitative estimate of drug-likeness (QED) is 0.573. The van der Waals surface area contributed by atoms with Crippen LogP contribution in [-0.4, -0.2) is 61.1 Å². The zero-order chi connectivity index (χ0) is 14.3. The molecule has 10 heteroatoms. The molecule has 0 atom stereocenters. The van der Waals surface area contributed by atoms with Crippen molar-refractivity contribution < 1.29 is 17.9 Å². The van der Waals surface area contributed by atoms with E-state index in [4.69, 9.17) is 0 Å². The Morgan fingerprint density at radius 1 is 1.58 bits per heavy atom. The van der Waals surface area contributed by atoms with Crippen LogP contribution in [0.15, 0.2) is 6.33 Å². The summed E-state index contributed by atoms with van der Waals surface area (Å²) in [7, 11) is -0.959. The van der Waals surface area contributed by atoms with Crippen molar-refractivity contribution in [1.82, 2.24) is 24.2 Å². The smallest absolute Gasteiger partial charge is 0.306 e. The second-order valence-corrected chi connectivity index (χ2v) is 5.59. The van der Waals surface area contributed by atoms with Crippen LogP contribution in [0.5, 0.6) is 0 Å². The summed E-state index contributed by atoms with van der Waals surface area (Å²) in [4.78, 5) is 14.8. The molecule has 1 aromatic rings. The van der Waals surface area contributed by atoms with Crippen molar-refractivity contribution in [3.63, 3.8) is 0 Å². The van der Waals surface area contributed by atoms with E-state index in [0.29, 0.717) is 12.2 Å². The number of ether oxygens (including phenoxy) is 1. The maximum Gasteiger partial charge on any atom is 0.306 e. The Bertz CT molecular complexity index is 487. The highest BCUT2D eigenvalue weighted by molar-refractivity contribution is 7.87. The lowest BCUT2D eigenvalue weighted by Gasteiger charge is -2.16. The molecule has 0 aliphatic heterocycles. The van der Waals surface area contributed by atoms with Crippen LogP contribution in [0.3, 0.4) is 0 Å². The van der Waals surface area contributed by atoms with Crippen molar-refractivity contribution in [1.29, 1.82) is 0 Å². The fourth-order valence-corrected chi connectivity index (χ4v) is 2.14. The van der Waals surface area contributed by atoms with Crippen molar-refractivity contribution in [2.75, 3.05) is 27.2 Å². The Labute approximate surface area is 111 Å². The van der Waals surface area contributed by atoms with Crippen LogP contribution >= 0.6 is 0 Å². The molecule has 108 valence electrons. The van der Waals surface area contributed by atoms with Gasteiger partial charge in [0, 0.05) is 26.6 Å². The maximum absolute atomic E-state index is 11.8. The van der Waals surface area contributed by atoms with Crippen LogP contribution in [0.4, 0.5) is 0 Å². The zero-order valence-corrected chi connectivity index (χ0v) is 11.6. The summed E-state index contributed by atoms with van der Waals surface area (Å²) in [5, 5.41) is 6.29. The molecule has 0 aromatic carbocycles. The average Bonchev–Trinajstić information content (AvgIpc) is 2.88. The topological polar surface area (TPSA) is 117 Å². The van der Waals surface area contributed by atoms with Gasteiger partial charge in [0.25, 0.3) is 10.2 Å². The van der Waals surface area contributed by atoms with Crippen LogP contribution in [0, 0.1) is 0 Å². The van der Waals surface area contributed by atoms with Crippen molar-refractivity contribution in [2.45, 2.75) is 12.8 Å². The Morgan fingerprint density at radius 2 is 2.32 bits per heavy atom. The van der Waals surface area contributed by atoms with Crippen LogP contribution in [0.1, 0.15) is 12.2 Å². The lowest BCUT2D eigenvalue weighted by Crippen LogP contribution is -2.40. The van der Waals surface area contributed by atoms with Gasteiger partial charge in [0.05, 0.1) is 13.5 Å². The Hall–Kier alpha value is -1.52. The number of methoxy groups -OCH3 is 1. The number of hydrogen-bond acceptors (Lipinski definition) is 6. The second kappa shape index (κ2) is 7.16. The molecule has 0 saturated heterocycles. The molecule has 0 bridgehead atoms.